The third-order valence-corrected chi connectivity index (χ3v) is 7.99. The van der Waals surface area contributed by atoms with Gasteiger partial charge in [0.15, 0.2) is 0 Å². The Labute approximate surface area is 225 Å². The van der Waals surface area contributed by atoms with Crippen LogP contribution in [0.4, 0.5) is 10.1 Å². The molecule has 1 fully saturated rings. The molecule has 5 rings (SSSR count). The number of aliphatic hydroxyl groups excluding tert-OH is 1. The number of hydrogen-bond donors (Lipinski definition) is 3. The van der Waals surface area contributed by atoms with Crippen molar-refractivity contribution in [2.24, 2.45) is 5.92 Å². The summed E-state index contributed by atoms with van der Waals surface area (Å²) in [4.78, 5) is 14.4. The van der Waals surface area contributed by atoms with Gasteiger partial charge in [-0.15, -0.1) is 0 Å². The van der Waals surface area contributed by atoms with Crippen molar-refractivity contribution in [1.29, 1.82) is 0 Å². The van der Waals surface area contributed by atoms with Crippen molar-refractivity contribution in [3.8, 4) is 16.9 Å². The van der Waals surface area contributed by atoms with Gasteiger partial charge in [0.25, 0.3) is 10.1 Å². The predicted molar refractivity (Wildman–Crippen MR) is 144 cm³/mol. The fourth-order valence-corrected chi connectivity index (χ4v) is 5.98. The number of halogens is 1. The number of carbonyl (C=O) groups excluding carboxylic acids is 1. The molecule has 4 aromatic carbocycles. The standard InChI is InChI=1S/C30H26FNO6S/c31-22-7-4-6-21(18-22)26(33)17-16-25-28(32(30(25)35)23-8-2-1-3-9-23)20-14-12-19(13-15-20)24-10-5-11-27(34)29(24)39(36,37)38/h1-15,18,25-26,28,33-34H,16-17H2,(H,36,37,38)/t25-,26+,28-/m1/s1. The highest BCUT2D eigenvalue weighted by molar-refractivity contribution is 7.86. The Morgan fingerprint density at radius 1 is 0.897 bits per heavy atom. The van der Waals surface area contributed by atoms with Gasteiger partial charge in [0.1, 0.15) is 16.5 Å². The van der Waals surface area contributed by atoms with E-state index in [0.29, 0.717) is 17.5 Å². The minimum absolute atomic E-state index is 0.0941. The first-order valence-electron chi connectivity index (χ1n) is 12.4. The molecule has 0 spiro atoms. The monoisotopic (exact) mass is 547 g/mol. The predicted octanol–water partition coefficient (Wildman–Crippen LogP) is 5.66. The molecule has 39 heavy (non-hydrogen) atoms. The van der Waals surface area contributed by atoms with Crippen molar-refractivity contribution in [2.75, 3.05) is 4.90 Å². The van der Waals surface area contributed by atoms with E-state index in [0.717, 1.165) is 11.3 Å². The number of benzene rings is 4. The Bertz CT molecular complexity index is 1610. The summed E-state index contributed by atoms with van der Waals surface area (Å²) in [5.74, 6) is -1.53. The second kappa shape index (κ2) is 10.6. The van der Waals surface area contributed by atoms with Gasteiger partial charge in [0, 0.05) is 11.3 Å². The van der Waals surface area contributed by atoms with Crippen LogP contribution in [0.15, 0.2) is 102 Å². The van der Waals surface area contributed by atoms with Crippen LogP contribution in [0.2, 0.25) is 0 Å². The van der Waals surface area contributed by atoms with Crippen LogP contribution in [0.3, 0.4) is 0 Å². The van der Waals surface area contributed by atoms with Gasteiger partial charge in [-0.05, 0) is 59.9 Å². The van der Waals surface area contributed by atoms with Crippen molar-refractivity contribution < 1.29 is 32.4 Å². The Morgan fingerprint density at radius 3 is 2.26 bits per heavy atom. The summed E-state index contributed by atoms with van der Waals surface area (Å²) in [6.07, 6.45) is -0.295. The lowest BCUT2D eigenvalue weighted by molar-refractivity contribution is -0.131. The van der Waals surface area contributed by atoms with Crippen LogP contribution < -0.4 is 4.90 Å². The maximum absolute atomic E-state index is 13.6. The van der Waals surface area contributed by atoms with E-state index >= 15 is 0 Å². The van der Waals surface area contributed by atoms with Crippen LogP contribution in [-0.4, -0.2) is 29.1 Å². The molecule has 3 atom stereocenters. The Hall–Kier alpha value is -4.05. The summed E-state index contributed by atoms with van der Waals surface area (Å²) >= 11 is 0. The topological polar surface area (TPSA) is 115 Å². The van der Waals surface area contributed by atoms with E-state index in [2.05, 4.69) is 0 Å². The number of phenols is 1. The maximum atomic E-state index is 13.6. The molecular weight excluding hydrogens is 521 g/mol. The van der Waals surface area contributed by atoms with Crippen molar-refractivity contribution in [3.63, 3.8) is 0 Å². The van der Waals surface area contributed by atoms with Gasteiger partial charge in [-0.1, -0.05) is 66.7 Å². The summed E-state index contributed by atoms with van der Waals surface area (Å²) in [5, 5.41) is 20.7. The lowest BCUT2D eigenvalue weighted by atomic mass is 9.78. The quantitative estimate of drug-likeness (QED) is 0.194. The van der Waals surface area contributed by atoms with E-state index in [4.69, 9.17) is 0 Å². The number of aromatic hydroxyl groups is 1. The molecule has 200 valence electrons. The molecule has 0 radical (unpaired) electrons. The van der Waals surface area contributed by atoms with Gasteiger partial charge in [0.05, 0.1) is 18.1 Å². The van der Waals surface area contributed by atoms with E-state index in [9.17, 15) is 32.4 Å². The van der Waals surface area contributed by atoms with Gasteiger partial charge < -0.3 is 15.1 Å². The lowest BCUT2D eigenvalue weighted by Crippen LogP contribution is -2.55. The van der Waals surface area contributed by atoms with Crippen molar-refractivity contribution in [1.82, 2.24) is 0 Å². The second-order valence-corrected chi connectivity index (χ2v) is 10.9. The van der Waals surface area contributed by atoms with Crippen LogP contribution >= 0.6 is 0 Å². The normalized spacial score (nSPS) is 18.0. The summed E-state index contributed by atoms with van der Waals surface area (Å²) in [6.45, 7) is 0. The number of amides is 1. The molecule has 1 aliphatic heterocycles. The Kier molecular flexibility index (Phi) is 7.22. The van der Waals surface area contributed by atoms with E-state index < -0.39 is 38.6 Å². The first-order chi connectivity index (χ1) is 18.6. The molecule has 1 aliphatic rings. The largest absolute Gasteiger partial charge is 0.506 e. The third-order valence-electron chi connectivity index (χ3n) is 7.05. The number of aliphatic hydroxyl groups is 1. The highest BCUT2D eigenvalue weighted by Gasteiger charge is 2.48. The molecular formula is C30H26FNO6S. The van der Waals surface area contributed by atoms with Gasteiger partial charge in [-0.25, -0.2) is 4.39 Å². The molecule has 7 nitrogen and oxygen atoms in total. The number of anilines is 1. The van der Waals surface area contributed by atoms with Crippen molar-refractivity contribution >= 4 is 21.7 Å². The molecule has 9 heteroatoms. The third kappa shape index (κ3) is 5.29. The molecule has 3 N–H and O–H groups in total. The summed E-state index contributed by atoms with van der Waals surface area (Å²) in [6, 6.07) is 25.6. The smallest absolute Gasteiger partial charge is 0.298 e. The van der Waals surface area contributed by atoms with E-state index in [1.807, 2.05) is 30.3 Å². The van der Waals surface area contributed by atoms with Crippen molar-refractivity contribution in [3.05, 3.63) is 114 Å². The molecule has 0 bridgehead atoms. The fourth-order valence-electron chi connectivity index (χ4n) is 5.19. The van der Waals surface area contributed by atoms with E-state index in [1.54, 1.807) is 35.2 Å². The zero-order valence-corrected chi connectivity index (χ0v) is 21.5. The van der Waals surface area contributed by atoms with E-state index in [-0.39, 0.29) is 23.9 Å². The second-order valence-electron chi connectivity index (χ2n) is 9.49. The minimum Gasteiger partial charge on any atom is -0.506 e. The molecule has 0 unspecified atom stereocenters. The zero-order valence-electron chi connectivity index (χ0n) is 20.7. The molecule has 1 heterocycles. The molecule has 0 aliphatic carbocycles. The summed E-state index contributed by atoms with van der Waals surface area (Å²) in [7, 11) is -4.68. The van der Waals surface area contributed by atoms with Crippen molar-refractivity contribution in [2.45, 2.75) is 29.9 Å². The molecule has 1 amide bonds. The number of phenolic OH excluding ortho intramolecular Hbond substituents is 1. The van der Waals surface area contributed by atoms with Crippen LogP contribution in [0.1, 0.15) is 36.1 Å². The Balaban J connectivity index is 1.45. The minimum atomic E-state index is -4.68. The number of rotatable bonds is 8. The average Bonchev–Trinajstić information content (AvgIpc) is 2.91. The highest BCUT2D eigenvalue weighted by atomic mass is 32.2. The first-order valence-corrected chi connectivity index (χ1v) is 13.8. The van der Waals surface area contributed by atoms with Gasteiger partial charge in [-0.2, -0.15) is 8.42 Å². The van der Waals surface area contributed by atoms with Crippen LogP contribution in [0.5, 0.6) is 5.75 Å². The number of para-hydroxylation sites is 1. The number of carbonyl (C=O) groups is 1. The fraction of sp³-hybridized carbons (Fsp3) is 0.167. The number of nitrogens with zero attached hydrogens (tertiary/aromatic N) is 1. The van der Waals surface area contributed by atoms with Crippen LogP contribution in [-0.2, 0) is 14.9 Å². The maximum Gasteiger partial charge on any atom is 0.298 e. The molecule has 0 aromatic heterocycles. The highest BCUT2D eigenvalue weighted by Crippen LogP contribution is 2.46. The molecule has 4 aromatic rings. The molecule has 0 saturated carbocycles. The van der Waals surface area contributed by atoms with Crippen LogP contribution in [0.25, 0.3) is 11.1 Å². The summed E-state index contributed by atoms with van der Waals surface area (Å²) < 4.78 is 47.1. The first kappa shape index (κ1) is 26.6. The lowest BCUT2D eigenvalue weighted by Gasteiger charge is -2.48. The Morgan fingerprint density at radius 2 is 1.59 bits per heavy atom. The van der Waals surface area contributed by atoms with Gasteiger partial charge >= 0.3 is 0 Å². The average molecular weight is 548 g/mol. The summed E-state index contributed by atoms with van der Waals surface area (Å²) in [5.41, 5.74) is 2.56. The SMILES string of the molecule is O=C1[C@H](CC[C@H](O)c2cccc(F)c2)[C@@H](c2ccc(-c3cccc(O)c3S(=O)(=O)O)cc2)N1c1ccccc1. The number of hydrogen-bond acceptors (Lipinski definition) is 5. The zero-order chi connectivity index (χ0) is 27.7. The van der Waals surface area contributed by atoms with E-state index in [1.165, 1.54) is 36.4 Å². The number of β-lactam (4-membered cyclic amide) rings is 1. The van der Waals surface area contributed by atoms with Crippen LogP contribution in [0, 0.1) is 11.7 Å². The van der Waals surface area contributed by atoms with Gasteiger partial charge in [-0.3, -0.25) is 9.35 Å². The molecule has 1 saturated heterocycles. The van der Waals surface area contributed by atoms with Gasteiger partial charge in [0.2, 0.25) is 5.91 Å².